The molecular weight excluding hydrogens is 268 g/mol. The number of ether oxygens (including phenoxy) is 1. The van der Waals surface area contributed by atoms with Crippen molar-refractivity contribution in [1.82, 2.24) is 14.8 Å². The van der Waals surface area contributed by atoms with Gasteiger partial charge in [-0.05, 0) is 13.0 Å². The minimum Gasteiger partial charge on any atom is -0.463 e. The van der Waals surface area contributed by atoms with Crippen molar-refractivity contribution in [2.45, 2.75) is 17.8 Å². The minimum absolute atomic E-state index is 0.232. The summed E-state index contributed by atoms with van der Waals surface area (Å²) in [6, 6.07) is 1.80. The molecule has 2 aromatic rings. The van der Waals surface area contributed by atoms with E-state index in [4.69, 9.17) is 10.2 Å². The molecule has 2 rings (SSSR count). The highest BCUT2D eigenvalue weighted by Gasteiger charge is 2.16. The number of hydrogen-bond acceptors (Lipinski definition) is 7. The molecule has 0 bridgehead atoms. The van der Waals surface area contributed by atoms with Crippen LogP contribution in [0.15, 0.2) is 15.6 Å². The second kappa shape index (κ2) is 5.35. The van der Waals surface area contributed by atoms with Gasteiger partial charge in [-0.25, -0.2) is 4.79 Å². The standard InChI is InChI=1S/C11H14N4O3S/c1-6-4-7(18-8(6)9(16)17-3)5-19-11-14-13-10(12)15(11)2/h4H,5H2,1-3H3,(H2,12,13). The summed E-state index contributed by atoms with van der Waals surface area (Å²) < 4.78 is 11.8. The number of nitrogens with two attached hydrogens (primary N) is 1. The Morgan fingerprint density at radius 2 is 2.32 bits per heavy atom. The summed E-state index contributed by atoms with van der Waals surface area (Å²) in [6.45, 7) is 1.80. The van der Waals surface area contributed by atoms with Crippen LogP contribution < -0.4 is 5.73 Å². The average molecular weight is 282 g/mol. The smallest absolute Gasteiger partial charge is 0.374 e. The zero-order valence-corrected chi connectivity index (χ0v) is 11.7. The Kier molecular flexibility index (Phi) is 3.79. The lowest BCUT2D eigenvalue weighted by molar-refractivity contribution is 0.0562. The maximum atomic E-state index is 11.4. The predicted molar refractivity (Wildman–Crippen MR) is 69.8 cm³/mol. The third kappa shape index (κ3) is 2.73. The van der Waals surface area contributed by atoms with Gasteiger partial charge in [-0.1, -0.05) is 11.8 Å². The summed E-state index contributed by atoms with van der Waals surface area (Å²) in [5, 5.41) is 8.37. The van der Waals surface area contributed by atoms with Crippen molar-refractivity contribution in [2.24, 2.45) is 7.05 Å². The summed E-state index contributed by atoms with van der Waals surface area (Å²) in [4.78, 5) is 11.4. The maximum absolute atomic E-state index is 11.4. The van der Waals surface area contributed by atoms with Gasteiger partial charge in [0.25, 0.3) is 0 Å². The molecule has 0 spiro atoms. The van der Waals surface area contributed by atoms with Crippen LogP contribution in [-0.2, 0) is 17.5 Å². The van der Waals surface area contributed by atoms with Crippen molar-refractivity contribution >= 4 is 23.7 Å². The summed E-state index contributed by atoms with van der Waals surface area (Å²) in [5.74, 6) is 1.31. The number of anilines is 1. The number of carbonyl (C=O) groups is 1. The summed E-state index contributed by atoms with van der Waals surface area (Å²) >= 11 is 1.43. The number of nitrogens with zero attached hydrogens (tertiary/aromatic N) is 3. The zero-order valence-electron chi connectivity index (χ0n) is 10.8. The number of thioether (sulfide) groups is 1. The van der Waals surface area contributed by atoms with Gasteiger partial charge < -0.3 is 14.9 Å². The quantitative estimate of drug-likeness (QED) is 0.668. The van der Waals surface area contributed by atoms with Gasteiger partial charge in [-0.15, -0.1) is 10.2 Å². The molecule has 2 N–H and O–H groups in total. The molecule has 19 heavy (non-hydrogen) atoms. The number of nitrogen functional groups attached to an aromatic ring is 1. The first-order valence-electron chi connectivity index (χ1n) is 5.48. The van der Waals surface area contributed by atoms with E-state index in [1.807, 2.05) is 0 Å². The number of hydrogen-bond donors (Lipinski definition) is 1. The molecule has 8 heteroatoms. The number of rotatable bonds is 4. The van der Waals surface area contributed by atoms with Gasteiger partial charge in [0.1, 0.15) is 5.76 Å². The van der Waals surface area contributed by atoms with E-state index in [9.17, 15) is 4.79 Å². The van der Waals surface area contributed by atoms with E-state index in [0.717, 1.165) is 5.56 Å². The monoisotopic (exact) mass is 282 g/mol. The van der Waals surface area contributed by atoms with Crippen molar-refractivity contribution in [2.75, 3.05) is 12.8 Å². The average Bonchev–Trinajstić information content (AvgIpc) is 2.91. The molecule has 0 aliphatic rings. The van der Waals surface area contributed by atoms with E-state index < -0.39 is 5.97 Å². The highest BCUT2D eigenvalue weighted by atomic mass is 32.2. The highest BCUT2D eigenvalue weighted by Crippen LogP contribution is 2.24. The second-order valence-electron chi connectivity index (χ2n) is 3.90. The first-order valence-corrected chi connectivity index (χ1v) is 6.46. The largest absolute Gasteiger partial charge is 0.463 e. The number of methoxy groups -OCH3 is 1. The fourth-order valence-electron chi connectivity index (χ4n) is 1.50. The second-order valence-corrected chi connectivity index (χ2v) is 4.85. The van der Waals surface area contributed by atoms with Crippen molar-refractivity contribution in [3.63, 3.8) is 0 Å². The Hall–Kier alpha value is -1.96. The minimum atomic E-state index is -0.475. The Bertz CT molecular complexity index is 605. The SMILES string of the molecule is COC(=O)c1oc(CSc2nnc(N)n2C)cc1C. The Balaban J connectivity index is 2.08. The summed E-state index contributed by atoms with van der Waals surface area (Å²) in [7, 11) is 3.10. The Labute approximate surface area is 114 Å². The van der Waals surface area contributed by atoms with Crippen LogP contribution in [0.25, 0.3) is 0 Å². The van der Waals surface area contributed by atoms with Crippen LogP contribution in [0.5, 0.6) is 0 Å². The van der Waals surface area contributed by atoms with Crippen molar-refractivity contribution in [3.05, 3.63) is 23.2 Å². The van der Waals surface area contributed by atoms with E-state index in [1.54, 1.807) is 24.6 Å². The van der Waals surface area contributed by atoms with Gasteiger partial charge in [0, 0.05) is 12.6 Å². The van der Waals surface area contributed by atoms with Crippen LogP contribution in [0.2, 0.25) is 0 Å². The highest BCUT2D eigenvalue weighted by molar-refractivity contribution is 7.98. The van der Waals surface area contributed by atoms with E-state index in [-0.39, 0.29) is 5.76 Å². The maximum Gasteiger partial charge on any atom is 0.374 e. The third-order valence-electron chi connectivity index (χ3n) is 2.55. The fraction of sp³-hybridized carbons (Fsp3) is 0.364. The molecule has 2 heterocycles. The lowest BCUT2D eigenvalue weighted by atomic mass is 10.3. The molecule has 0 amide bonds. The normalized spacial score (nSPS) is 10.7. The van der Waals surface area contributed by atoms with Gasteiger partial charge in [0.05, 0.1) is 12.9 Å². The molecule has 0 aromatic carbocycles. The molecule has 0 fully saturated rings. The topological polar surface area (TPSA) is 96.2 Å². The van der Waals surface area contributed by atoms with E-state index >= 15 is 0 Å². The molecule has 2 aromatic heterocycles. The number of aryl methyl sites for hydroxylation is 1. The molecule has 102 valence electrons. The van der Waals surface area contributed by atoms with Crippen LogP contribution >= 0.6 is 11.8 Å². The molecule has 0 aliphatic carbocycles. The van der Waals surface area contributed by atoms with Crippen molar-refractivity contribution in [3.8, 4) is 0 Å². The number of carbonyl (C=O) groups excluding carboxylic acids is 1. The third-order valence-corrected chi connectivity index (χ3v) is 3.59. The first kappa shape index (κ1) is 13.5. The van der Waals surface area contributed by atoms with Gasteiger partial charge in [0.15, 0.2) is 5.16 Å². The lowest BCUT2D eigenvalue weighted by Crippen LogP contribution is -2.00. The molecule has 0 atom stereocenters. The number of aromatic nitrogens is 3. The van der Waals surface area contributed by atoms with Crippen LogP contribution in [-0.4, -0.2) is 27.8 Å². The van der Waals surface area contributed by atoms with E-state index in [0.29, 0.717) is 22.6 Å². The van der Waals surface area contributed by atoms with E-state index in [1.165, 1.54) is 18.9 Å². The molecule has 0 saturated carbocycles. The van der Waals surface area contributed by atoms with Crippen LogP contribution in [0.1, 0.15) is 21.9 Å². The van der Waals surface area contributed by atoms with Gasteiger partial charge >= 0.3 is 5.97 Å². The molecule has 0 unspecified atom stereocenters. The van der Waals surface area contributed by atoms with E-state index in [2.05, 4.69) is 14.9 Å². The van der Waals surface area contributed by atoms with Gasteiger partial charge in [-0.3, -0.25) is 4.57 Å². The van der Waals surface area contributed by atoms with Crippen LogP contribution in [0.3, 0.4) is 0 Å². The zero-order chi connectivity index (χ0) is 14.0. The van der Waals surface area contributed by atoms with Gasteiger partial charge in [-0.2, -0.15) is 0 Å². The lowest BCUT2D eigenvalue weighted by Gasteiger charge is -1.99. The van der Waals surface area contributed by atoms with Gasteiger partial charge in [0.2, 0.25) is 11.7 Å². The molecule has 7 nitrogen and oxygen atoms in total. The Morgan fingerprint density at radius 3 is 2.89 bits per heavy atom. The van der Waals surface area contributed by atoms with Crippen molar-refractivity contribution < 1.29 is 13.9 Å². The van der Waals surface area contributed by atoms with Crippen molar-refractivity contribution in [1.29, 1.82) is 0 Å². The molecule has 0 saturated heterocycles. The number of esters is 1. The molecule has 0 radical (unpaired) electrons. The molecule has 0 aliphatic heterocycles. The first-order chi connectivity index (χ1) is 9.02. The fourth-order valence-corrected chi connectivity index (χ4v) is 2.30. The summed E-state index contributed by atoms with van der Waals surface area (Å²) in [6.07, 6.45) is 0. The molecular formula is C11H14N4O3S. The van der Waals surface area contributed by atoms with Crippen LogP contribution in [0.4, 0.5) is 5.95 Å². The van der Waals surface area contributed by atoms with Crippen LogP contribution in [0, 0.1) is 6.92 Å². The summed E-state index contributed by atoms with van der Waals surface area (Å²) in [5.41, 5.74) is 6.34. The predicted octanol–water partition coefficient (Wildman–Crippen LogP) is 1.38. The Morgan fingerprint density at radius 1 is 1.58 bits per heavy atom. The number of furan rings is 1.